The van der Waals surface area contributed by atoms with Crippen molar-refractivity contribution in [1.29, 1.82) is 0 Å². The van der Waals surface area contributed by atoms with Crippen molar-refractivity contribution in [2.45, 2.75) is 37.1 Å². The highest BCUT2D eigenvalue weighted by atomic mass is 19.1. The lowest BCUT2D eigenvalue weighted by Gasteiger charge is -2.29. The van der Waals surface area contributed by atoms with Gasteiger partial charge in [-0.1, -0.05) is 12.1 Å². The first-order valence-electron chi connectivity index (χ1n) is 13.3. The average molecular weight is 573 g/mol. The molecule has 2 aliphatic heterocycles. The van der Waals surface area contributed by atoms with E-state index in [9.17, 15) is 17.6 Å². The molecule has 0 aliphatic carbocycles. The molecule has 13 heteroatoms. The lowest BCUT2D eigenvalue weighted by Crippen LogP contribution is -2.33. The molecule has 41 heavy (non-hydrogen) atoms. The van der Waals surface area contributed by atoms with Crippen molar-refractivity contribution < 1.29 is 31.8 Å². The first-order valence-corrected chi connectivity index (χ1v) is 13.3. The number of hydrogen-bond acceptors (Lipinski definition) is 7. The molecule has 216 valence electrons. The van der Waals surface area contributed by atoms with Crippen LogP contribution < -0.4 is 0 Å². The van der Waals surface area contributed by atoms with Gasteiger partial charge in [0.2, 0.25) is 0 Å². The first-order chi connectivity index (χ1) is 19.8. The van der Waals surface area contributed by atoms with Crippen molar-refractivity contribution in [3.63, 3.8) is 0 Å². The molecule has 0 spiro atoms. The zero-order valence-corrected chi connectivity index (χ0v) is 22.0. The standard InChI is InChI=1S/C28H28F4N6O3/c29-21-1-3-23(25(31)5-21)27(13-37-17-33-15-35-37)7-19(11-40-27)9-39-10-20-8-28(41-12-20,14-38-18-34-16-36-38)24-4-2-22(30)6-26(24)32/h1-6,15-20H,7-14H2/t19-,20+,27+,28-. The Bertz CT molecular complexity index is 1360. The number of nitrogens with zero attached hydrogens (tertiary/aromatic N) is 6. The maximum absolute atomic E-state index is 14.9. The second-order valence-corrected chi connectivity index (χ2v) is 10.7. The minimum Gasteiger partial charge on any atom is -0.381 e. The molecule has 0 amide bonds. The molecule has 0 unspecified atom stereocenters. The van der Waals surface area contributed by atoms with Gasteiger partial charge in [-0.2, -0.15) is 10.2 Å². The maximum atomic E-state index is 14.9. The molecule has 0 saturated carbocycles. The molecule has 2 aromatic carbocycles. The van der Waals surface area contributed by atoms with Crippen molar-refractivity contribution in [3.05, 3.63) is 96.1 Å². The number of rotatable bonds is 10. The van der Waals surface area contributed by atoms with Crippen LogP contribution in [0.5, 0.6) is 0 Å². The number of halogens is 4. The van der Waals surface area contributed by atoms with Crippen LogP contribution in [0.25, 0.3) is 0 Å². The minimum absolute atomic E-state index is 0.0697. The fourth-order valence-electron chi connectivity index (χ4n) is 5.97. The van der Waals surface area contributed by atoms with E-state index in [1.54, 1.807) is 9.36 Å². The molecule has 4 aromatic rings. The Balaban J connectivity index is 1.12. The third-order valence-corrected chi connectivity index (χ3v) is 7.75. The Labute approximate surface area is 233 Å². The van der Waals surface area contributed by atoms with Gasteiger partial charge in [0.05, 0.1) is 39.5 Å². The summed E-state index contributed by atoms with van der Waals surface area (Å²) in [6, 6.07) is 6.94. The summed E-state index contributed by atoms with van der Waals surface area (Å²) >= 11 is 0. The number of hydrogen-bond donors (Lipinski definition) is 0. The highest BCUT2D eigenvalue weighted by molar-refractivity contribution is 5.28. The van der Waals surface area contributed by atoms with Crippen LogP contribution in [0.15, 0.2) is 61.7 Å². The molecule has 2 fully saturated rings. The summed E-state index contributed by atoms with van der Waals surface area (Å²) in [4.78, 5) is 7.92. The van der Waals surface area contributed by atoms with E-state index in [1.807, 2.05) is 0 Å². The second kappa shape index (κ2) is 11.3. The second-order valence-electron chi connectivity index (χ2n) is 10.7. The van der Waals surface area contributed by atoms with E-state index in [1.165, 1.54) is 49.6 Å². The molecule has 0 bridgehead atoms. The largest absolute Gasteiger partial charge is 0.381 e. The van der Waals surface area contributed by atoms with Gasteiger partial charge in [-0.25, -0.2) is 36.9 Å². The van der Waals surface area contributed by atoms with Gasteiger partial charge in [-0.05, 0) is 25.0 Å². The topological polar surface area (TPSA) is 89.1 Å². The minimum atomic E-state index is -1.07. The predicted octanol–water partition coefficient (Wildman–Crippen LogP) is 4.01. The van der Waals surface area contributed by atoms with E-state index >= 15 is 0 Å². The van der Waals surface area contributed by atoms with E-state index in [0.29, 0.717) is 39.3 Å². The van der Waals surface area contributed by atoms with E-state index in [0.717, 1.165) is 12.1 Å². The normalized spacial score (nSPS) is 26.1. The van der Waals surface area contributed by atoms with Crippen molar-refractivity contribution >= 4 is 0 Å². The van der Waals surface area contributed by atoms with Crippen LogP contribution in [-0.2, 0) is 38.5 Å². The molecule has 0 N–H and O–H groups in total. The summed E-state index contributed by atoms with van der Waals surface area (Å²) in [5, 5.41) is 8.28. The molecule has 4 heterocycles. The van der Waals surface area contributed by atoms with E-state index in [4.69, 9.17) is 14.2 Å². The van der Waals surface area contributed by atoms with Crippen LogP contribution >= 0.6 is 0 Å². The Morgan fingerprint density at radius 1 is 0.732 bits per heavy atom. The zero-order chi connectivity index (χ0) is 28.5. The van der Waals surface area contributed by atoms with Crippen LogP contribution in [0.2, 0.25) is 0 Å². The zero-order valence-electron chi connectivity index (χ0n) is 22.0. The van der Waals surface area contributed by atoms with E-state index in [-0.39, 0.29) is 36.1 Å². The molecule has 4 atom stereocenters. The van der Waals surface area contributed by atoms with Gasteiger partial charge in [0.15, 0.2) is 0 Å². The summed E-state index contributed by atoms with van der Waals surface area (Å²) in [5.41, 5.74) is -1.63. The van der Waals surface area contributed by atoms with Crippen LogP contribution in [0.4, 0.5) is 17.6 Å². The van der Waals surface area contributed by atoms with Gasteiger partial charge < -0.3 is 14.2 Å². The Morgan fingerprint density at radius 3 is 1.59 bits per heavy atom. The number of benzene rings is 2. The van der Waals surface area contributed by atoms with E-state index in [2.05, 4.69) is 20.2 Å². The van der Waals surface area contributed by atoms with E-state index < -0.39 is 34.5 Å². The van der Waals surface area contributed by atoms with Crippen molar-refractivity contribution in [3.8, 4) is 0 Å². The monoisotopic (exact) mass is 572 g/mol. The summed E-state index contributed by atoms with van der Waals surface area (Å²) in [5.74, 6) is -2.85. The highest BCUT2D eigenvalue weighted by Crippen LogP contribution is 2.43. The summed E-state index contributed by atoms with van der Waals surface area (Å²) in [6.07, 6.45) is 6.66. The molecule has 2 aliphatic rings. The van der Waals surface area contributed by atoms with Crippen molar-refractivity contribution in [1.82, 2.24) is 29.5 Å². The predicted molar refractivity (Wildman–Crippen MR) is 135 cm³/mol. The average Bonchev–Trinajstić information content (AvgIpc) is 3.75. The molecule has 2 saturated heterocycles. The van der Waals surface area contributed by atoms with Crippen LogP contribution in [0.1, 0.15) is 24.0 Å². The molecule has 9 nitrogen and oxygen atoms in total. The quantitative estimate of drug-likeness (QED) is 0.266. The van der Waals surface area contributed by atoms with Crippen LogP contribution in [0.3, 0.4) is 0 Å². The van der Waals surface area contributed by atoms with Gasteiger partial charge in [-0.3, -0.25) is 0 Å². The summed E-state index contributed by atoms with van der Waals surface area (Å²) < 4.78 is 78.7. The molecule has 0 radical (unpaired) electrons. The lowest BCUT2D eigenvalue weighted by molar-refractivity contribution is -0.0222. The van der Waals surface area contributed by atoms with Gasteiger partial charge in [0, 0.05) is 35.1 Å². The smallest absolute Gasteiger partial charge is 0.137 e. The molecular formula is C28H28F4N6O3. The van der Waals surface area contributed by atoms with Gasteiger partial charge >= 0.3 is 0 Å². The molecule has 2 aromatic heterocycles. The third-order valence-electron chi connectivity index (χ3n) is 7.75. The van der Waals surface area contributed by atoms with Crippen LogP contribution in [0, 0.1) is 35.1 Å². The number of aromatic nitrogens is 6. The third kappa shape index (κ3) is 5.74. The maximum Gasteiger partial charge on any atom is 0.137 e. The molecule has 6 rings (SSSR count). The Hall–Kier alpha value is -3.68. The summed E-state index contributed by atoms with van der Waals surface area (Å²) in [7, 11) is 0. The molecular weight excluding hydrogens is 544 g/mol. The fourth-order valence-corrected chi connectivity index (χ4v) is 5.97. The lowest BCUT2D eigenvalue weighted by atomic mass is 9.86. The first kappa shape index (κ1) is 27.5. The number of ether oxygens (including phenoxy) is 3. The Morgan fingerprint density at radius 2 is 1.20 bits per heavy atom. The summed E-state index contributed by atoms with van der Waals surface area (Å²) in [6.45, 7) is 1.69. The van der Waals surface area contributed by atoms with Crippen molar-refractivity contribution in [2.24, 2.45) is 11.8 Å². The van der Waals surface area contributed by atoms with Crippen LogP contribution in [-0.4, -0.2) is 56.0 Å². The van der Waals surface area contributed by atoms with Gasteiger partial charge in [0.1, 0.15) is 59.8 Å². The van der Waals surface area contributed by atoms with Gasteiger partial charge in [0.25, 0.3) is 0 Å². The highest BCUT2D eigenvalue weighted by Gasteiger charge is 2.46. The van der Waals surface area contributed by atoms with Crippen molar-refractivity contribution in [2.75, 3.05) is 26.4 Å². The SMILES string of the molecule is Fc1ccc([C@]2(Cn3cncn3)C[C@@H](COC[C@@H]3CO[C@@](Cn4cncn4)(c4ccc(F)cc4F)C3)CO2)c(F)c1. The Kier molecular flexibility index (Phi) is 7.58. The fraction of sp³-hybridized carbons (Fsp3) is 0.429. The van der Waals surface area contributed by atoms with Gasteiger partial charge in [-0.15, -0.1) is 0 Å².